The molecule has 0 N–H and O–H groups in total. The van der Waals surface area contributed by atoms with Gasteiger partial charge in [-0.2, -0.15) is 0 Å². The summed E-state index contributed by atoms with van der Waals surface area (Å²) in [5.74, 6) is 0.204. The van der Waals surface area contributed by atoms with Crippen LogP contribution in [0.2, 0.25) is 0 Å². The van der Waals surface area contributed by atoms with Crippen molar-refractivity contribution in [1.29, 1.82) is 0 Å². The van der Waals surface area contributed by atoms with Crippen LogP contribution in [0, 0.1) is 13.8 Å². The maximum atomic E-state index is 13.0. The molecule has 0 atom stereocenters. The molecule has 3 fully saturated rings. The molecule has 0 unspecified atom stereocenters. The number of pyridine rings is 1. The van der Waals surface area contributed by atoms with Gasteiger partial charge in [0.15, 0.2) is 5.78 Å². The van der Waals surface area contributed by atoms with E-state index in [1.165, 1.54) is 22.4 Å². The fraction of sp³-hybridized carbons (Fsp3) is 0.286. The summed E-state index contributed by atoms with van der Waals surface area (Å²) in [7, 11) is 0. The van der Waals surface area contributed by atoms with Gasteiger partial charge in [-0.1, -0.05) is 48.0 Å². The number of rotatable bonds is 5. The van der Waals surface area contributed by atoms with Crippen LogP contribution in [-0.2, 0) is 17.3 Å². The van der Waals surface area contributed by atoms with Crippen LogP contribution in [0.25, 0.3) is 5.65 Å². The summed E-state index contributed by atoms with van der Waals surface area (Å²) in [6, 6.07) is 20.8. The third-order valence-electron chi connectivity index (χ3n) is 7.57. The highest BCUT2D eigenvalue weighted by Gasteiger charge is 2.70. The zero-order valence-corrected chi connectivity index (χ0v) is 18.1. The second-order valence-corrected chi connectivity index (χ2v) is 9.78. The number of aryl methyl sites for hydroxylation is 2. The zero-order chi connectivity index (χ0) is 21.2. The summed E-state index contributed by atoms with van der Waals surface area (Å²) < 4.78 is 2.25. The van der Waals surface area contributed by atoms with Gasteiger partial charge in [0.25, 0.3) is 0 Å². The Balaban J connectivity index is 1.26. The number of ketones is 1. The average Bonchev–Trinajstić information content (AvgIpc) is 3.11. The van der Waals surface area contributed by atoms with Gasteiger partial charge >= 0.3 is 0 Å². The molecule has 7 rings (SSSR count). The van der Waals surface area contributed by atoms with Crippen molar-refractivity contribution in [2.45, 2.75) is 50.4 Å². The van der Waals surface area contributed by atoms with Gasteiger partial charge in [0.1, 0.15) is 5.65 Å². The Morgan fingerprint density at radius 1 is 0.968 bits per heavy atom. The van der Waals surface area contributed by atoms with E-state index >= 15 is 0 Å². The minimum atomic E-state index is 0.204. The molecule has 0 aliphatic heterocycles. The van der Waals surface area contributed by atoms with Crippen molar-refractivity contribution < 1.29 is 4.79 Å². The highest BCUT2D eigenvalue weighted by atomic mass is 16.1. The molecule has 4 aromatic rings. The first-order valence-corrected chi connectivity index (χ1v) is 11.1. The maximum Gasteiger partial charge on any atom is 0.167 e. The van der Waals surface area contributed by atoms with Crippen molar-refractivity contribution in [3.05, 3.63) is 107 Å². The average molecular weight is 407 g/mol. The number of benzene rings is 2. The van der Waals surface area contributed by atoms with Gasteiger partial charge in [0, 0.05) is 35.5 Å². The number of aromatic nitrogens is 2. The zero-order valence-electron chi connectivity index (χ0n) is 18.1. The van der Waals surface area contributed by atoms with E-state index in [1.54, 1.807) is 0 Å². The van der Waals surface area contributed by atoms with Crippen LogP contribution in [0.4, 0.5) is 0 Å². The number of imidazole rings is 1. The summed E-state index contributed by atoms with van der Waals surface area (Å²) in [5.41, 5.74) is 8.64. The molecular weight excluding hydrogens is 380 g/mol. The Kier molecular flexibility index (Phi) is 3.83. The number of fused-ring (bicyclic) bond motifs is 1. The van der Waals surface area contributed by atoms with Crippen molar-refractivity contribution in [1.82, 2.24) is 9.38 Å². The van der Waals surface area contributed by atoms with E-state index in [2.05, 4.69) is 72.0 Å². The molecule has 3 aliphatic carbocycles. The monoisotopic (exact) mass is 406 g/mol. The molecule has 2 aromatic carbocycles. The number of carbonyl (C=O) groups excluding carboxylic acids is 1. The highest BCUT2D eigenvalue weighted by Crippen LogP contribution is 2.74. The third-order valence-corrected chi connectivity index (χ3v) is 7.57. The first kappa shape index (κ1) is 18.6. The van der Waals surface area contributed by atoms with Crippen molar-refractivity contribution in [2.24, 2.45) is 0 Å². The van der Waals surface area contributed by atoms with Gasteiger partial charge < -0.3 is 4.40 Å². The fourth-order valence-electron chi connectivity index (χ4n) is 6.15. The van der Waals surface area contributed by atoms with Crippen molar-refractivity contribution in [2.75, 3.05) is 0 Å². The second-order valence-electron chi connectivity index (χ2n) is 9.78. The smallest absolute Gasteiger partial charge is 0.167 e. The van der Waals surface area contributed by atoms with Crippen LogP contribution in [0.5, 0.6) is 0 Å². The molecule has 154 valence electrons. The van der Waals surface area contributed by atoms with Crippen LogP contribution in [0.1, 0.15) is 57.6 Å². The quantitative estimate of drug-likeness (QED) is 0.396. The Morgan fingerprint density at radius 3 is 2.61 bits per heavy atom. The normalized spacial score (nSPS) is 23.9. The van der Waals surface area contributed by atoms with Crippen molar-refractivity contribution in [3.63, 3.8) is 0 Å². The number of carbonyl (C=O) groups is 1. The molecule has 3 aliphatic rings. The number of nitrogens with zero attached hydrogens (tertiary/aromatic N) is 2. The van der Waals surface area contributed by atoms with E-state index in [4.69, 9.17) is 0 Å². The minimum absolute atomic E-state index is 0.204. The van der Waals surface area contributed by atoms with Gasteiger partial charge in [-0.15, -0.1) is 0 Å². The molecule has 2 heterocycles. The minimum Gasteiger partial charge on any atom is -0.304 e. The summed E-state index contributed by atoms with van der Waals surface area (Å²) in [6.07, 6.45) is 8.10. The first-order valence-electron chi connectivity index (χ1n) is 11.1. The number of hydrogen-bond acceptors (Lipinski definition) is 2. The Labute approximate surface area is 182 Å². The second kappa shape index (κ2) is 6.40. The van der Waals surface area contributed by atoms with Gasteiger partial charge in [-0.3, -0.25) is 4.79 Å². The first-order chi connectivity index (χ1) is 15.0. The van der Waals surface area contributed by atoms with E-state index in [-0.39, 0.29) is 16.6 Å². The maximum absolute atomic E-state index is 13.0. The molecule has 0 saturated heterocycles. The Morgan fingerprint density at radius 2 is 1.81 bits per heavy atom. The molecule has 0 radical (unpaired) electrons. The van der Waals surface area contributed by atoms with Crippen LogP contribution >= 0.6 is 0 Å². The molecule has 31 heavy (non-hydrogen) atoms. The van der Waals surface area contributed by atoms with E-state index in [9.17, 15) is 4.79 Å². The van der Waals surface area contributed by atoms with Crippen LogP contribution < -0.4 is 0 Å². The van der Waals surface area contributed by atoms with Gasteiger partial charge in [-0.05, 0) is 73.4 Å². The Bertz CT molecular complexity index is 1330. The summed E-state index contributed by atoms with van der Waals surface area (Å²) in [5, 5.41) is 0. The van der Waals surface area contributed by atoms with E-state index in [1.807, 2.05) is 24.3 Å². The lowest BCUT2D eigenvalue weighted by molar-refractivity contribution is -0.0732. The molecule has 0 spiro atoms. The predicted molar refractivity (Wildman–Crippen MR) is 123 cm³/mol. The van der Waals surface area contributed by atoms with Crippen LogP contribution in [-0.4, -0.2) is 15.2 Å². The lowest BCUT2D eigenvalue weighted by Crippen LogP contribution is -2.67. The largest absolute Gasteiger partial charge is 0.304 e. The lowest BCUT2D eigenvalue weighted by atomic mass is 9.32. The molecule has 2 aromatic heterocycles. The van der Waals surface area contributed by atoms with Crippen molar-refractivity contribution >= 4 is 11.4 Å². The molecular formula is C28H26N2O. The van der Waals surface area contributed by atoms with Crippen molar-refractivity contribution in [3.8, 4) is 0 Å². The lowest BCUT2D eigenvalue weighted by Gasteiger charge is -2.71. The SMILES string of the molecule is Cc1cccc(CC(=O)c2ccc(C)c(C34CC(c5cnc6ccccn56)(C3)C4)c2)c1. The molecule has 3 heteroatoms. The molecule has 2 bridgehead atoms. The predicted octanol–water partition coefficient (Wildman–Crippen LogP) is 5.75. The third kappa shape index (κ3) is 2.72. The van der Waals surface area contributed by atoms with Crippen LogP contribution in [0.15, 0.2) is 73.1 Å². The van der Waals surface area contributed by atoms with Gasteiger partial charge in [0.2, 0.25) is 0 Å². The van der Waals surface area contributed by atoms with Gasteiger partial charge in [0.05, 0.1) is 0 Å². The number of hydrogen-bond donors (Lipinski definition) is 0. The summed E-state index contributed by atoms with van der Waals surface area (Å²) in [4.78, 5) is 17.6. The molecule has 0 amide bonds. The Hall–Kier alpha value is -3.20. The van der Waals surface area contributed by atoms with E-state index in [0.29, 0.717) is 6.42 Å². The highest BCUT2D eigenvalue weighted by molar-refractivity contribution is 5.97. The molecule has 3 saturated carbocycles. The summed E-state index contributed by atoms with van der Waals surface area (Å²) in [6.45, 7) is 4.26. The van der Waals surface area contributed by atoms with Gasteiger partial charge in [-0.25, -0.2) is 4.98 Å². The number of Topliss-reactive ketones (excluding diaryl/α,β-unsaturated/α-hetero) is 1. The standard InChI is InChI=1S/C28H26N2O/c1-19-6-5-7-21(12-19)13-24(31)22-10-9-20(2)23(14-22)27-16-28(17-27,18-27)25-15-29-26-8-3-4-11-30(25)26/h3-12,14-15H,13,16-18H2,1-2H3. The summed E-state index contributed by atoms with van der Waals surface area (Å²) >= 11 is 0. The topological polar surface area (TPSA) is 34.4 Å². The van der Waals surface area contributed by atoms with E-state index < -0.39 is 0 Å². The van der Waals surface area contributed by atoms with E-state index in [0.717, 1.165) is 36.0 Å². The fourth-order valence-corrected chi connectivity index (χ4v) is 6.15. The van der Waals surface area contributed by atoms with Crippen LogP contribution in [0.3, 0.4) is 0 Å². The molecule has 3 nitrogen and oxygen atoms in total.